The van der Waals surface area contributed by atoms with Crippen LogP contribution in [0.15, 0.2) is 60.9 Å². The van der Waals surface area contributed by atoms with Crippen LogP contribution in [-0.4, -0.2) is 52.9 Å². The number of aromatic nitrogens is 2. The van der Waals surface area contributed by atoms with Crippen LogP contribution >= 0.6 is 0 Å². The molecule has 0 atom stereocenters. The van der Waals surface area contributed by atoms with Crippen LogP contribution in [0.2, 0.25) is 0 Å². The lowest BCUT2D eigenvalue weighted by Crippen LogP contribution is -2.48. The van der Waals surface area contributed by atoms with Crippen LogP contribution in [0.1, 0.15) is 31.4 Å². The number of anilines is 2. The second-order valence-corrected chi connectivity index (χ2v) is 8.78. The van der Waals surface area contributed by atoms with Crippen molar-refractivity contribution in [1.29, 1.82) is 0 Å². The molecule has 2 aromatic carbocycles. The third-order valence-corrected chi connectivity index (χ3v) is 6.33. The molecule has 1 aliphatic heterocycles. The average Bonchev–Trinajstić information content (AvgIpc) is 2.89. The van der Waals surface area contributed by atoms with Crippen molar-refractivity contribution >= 4 is 23.3 Å². The Bertz CT molecular complexity index is 1210. The van der Waals surface area contributed by atoms with Gasteiger partial charge in [-0.3, -0.25) is 14.6 Å². The van der Waals surface area contributed by atoms with Crippen LogP contribution in [0.3, 0.4) is 0 Å². The summed E-state index contributed by atoms with van der Waals surface area (Å²) in [6.07, 6.45) is 3.11. The standard InChI is InChI=1S/C27H29F2N5O2/c1-3-27(28,29)22-8-4-20(5-9-22)18-24(36)32-23-10-6-21(7-11-23)25-26(31-13-12-30-25)34-16-14-33(15-17-34)19(2)35/h4-13H,3,14-18H2,1-2H3,(H,32,36). The third kappa shape index (κ3) is 5.84. The maximum absolute atomic E-state index is 13.8. The lowest BCUT2D eigenvalue weighted by Gasteiger charge is -2.35. The molecule has 1 aromatic heterocycles. The molecule has 0 radical (unpaired) electrons. The molecule has 0 aliphatic carbocycles. The van der Waals surface area contributed by atoms with Crippen molar-refractivity contribution in [1.82, 2.24) is 14.9 Å². The Morgan fingerprint density at radius 2 is 1.58 bits per heavy atom. The molecule has 1 N–H and O–H groups in total. The van der Waals surface area contributed by atoms with E-state index in [1.165, 1.54) is 19.1 Å². The number of rotatable bonds is 7. The molecule has 0 spiro atoms. The van der Waals surface area contributed by atoms with E-state index < -0.39 is 5.92 Å². The zero-order valence-corrected chi connectivity index (χ0v) is 20.4. The molecule has 4 rings (SSSR count). The fourth-order valence-corrected chi connectivity index (χ4v) is 4.17. The van der Waals surface area contributed by atoms with Gasteiger partial charge in [0.15, 0.2) is 5.82 Å². The summed E-state index contributed by atoms with van der Waals surface area (Å²) < 4.78 is 27.6. The highest BCUT2D eigenvalue weighted by Crippen LogP contribution is 2.31. The lowest BCUT2D eigenvalue weighted by molar-refractivity contribution is -0.129. The van der Waals surface area contributed by atoms with E-state index in [0.717, 1.165) is 17.1 Å². The van der Waals surface area contributed by atoms with Crippen molar-refractivity contribution in [3.05, 3.63) is 72.1 Å². The van der Waals surface area contributed by atoms with E-state index in [4.69, 9.17) is 0 Å². The highest BCUT2D eigenvalue weighted by atomic mass is 19.3. The Hall–Kier alpha value is -3.88. The van der Waals surface area contributed by atoms with Crippen molar-refractivity contribution in [2.24, 2.45) is 0 Å². The Kier molecular flexibility index (Phi) is 7.57. The molecule has 2 heterocycles. The van der Waals surface area contributed by atoms with E-state index in [1.807, 2.05) is 17.0 Å². The summed E-state index contributed by atoms with van der Waals surface area (Å²) in [5, 5.41) is 2.85. The van der Waals surface area contributed by atoms with Crippen LogP contribution in [0, 0.1) is 0 Å². The number of carbonyl (C=O) groups excluding carboxylic acids is 2. The van der Waals surface area contributed by atoms with Gasteiger partial charge in [0.1, 0.15) is 5.69 Å². The lowest BCUT2D eigenvalue weighted by atomic mass is 10.0. The summed E-state index contributed by atoms with van der Waals surface area (Å²) in [5.74, 6) is -2.27. The first-order valence-corrected chi connectivity index (χ1v) is 12.0. The van der Waals surface area contributed by atoms with E-state index in [1.54, 1.807) is 43.6 Å². The van der Waals surface area contributed by atoms with E-state index in [0.29, 0.717) is 37.4 Å². The summed E-state index contributed by atoms with van der Waals surface area (Å²) in [6, 6.07) is 13.2. The first kappa shape index (κ1) is 25.2. The minimum atomic E-state index is -2.87. The Labute approximate surface area is 209 Å². The van der Waals surface area contributed by atoms with E-state index >= 15 is 0 Å². The normalized spacial score (nSPS) is 14.0. The summed E-state index contributed by atoms with van der Waals surface area (Å²) in [4.78, 5) is 37.1. The van der Waals surface area contributed by atoms with Gasteiger partial charge in [-0.1, -0.05) is 43.3 Å². The van der Waals surface area contributed by atoms with Crippen LogP contribution in [0.4, 0.5) is 20.3 Å². The minimum Gasteiger partial charge on any atom is -0.351 e. The molecule has 1 aliphatic rings. The molecule has 1 fully saturated rings. The summed E-state index contributed by atoms with van der Waals surface area (Å²) in [6.45, 7) is 5.65. The van der Waals surface area contributed by atoms with Crippen molar-refractivity contribution in [3.8, 4) is 11.3 Å². The fraction of sp³-hybridized carbons (Fsp3) is 0.333. The molecule has 2 amide bonds. The Morgan fingerprint density at radius 1 is 0.944 bits per heavy atom. The van der Waals surface area contributed by atoms with E-state index in [-0.39, 0.29) is 30.2 Å². The molecule has 0 saturated carbocycles. The number of amides is 2. The van der Waals surface area contributed by atoms with Crippen molar-refractivity contribution < 1.29 is 18.4 Å². The SMILES string of the molecule is CCC(F)(F)c1ccc(CC(=O)Nc2ccc(-c3nccnc3N3CCN(C(C)=O)CC3)cc2)cc1. The van der Waals surface area contributed by atoms with Gasteiger partial charge in [-0.05, 0) is 17.7 Å². The van der Waals surface area contributed by atoms with Crippen LogP contribution in [0.5, 0.6) is 0 Å². The Morgan fingerprint density at radius 3 is 2.19 bits per heavy atom. The predicted molar refractivity (Wildman–Crippen MR) is 135 cm³/mol. The molecular formula is C27H29F2N5O2. The highest BCUT2D eigenvalue weighted by molar-refractivity contribution is 5.92. The number of hydrogen-bond donors (Lipinski definition) is 1. The fourth-order valence-electron chi connectivity index (χ4n) is 4.17. The largest absolute Gasteiger partial charge is 0.351 e. The van der Waals surface area contributed by atoms with Gasteiger partial charge in [0, 0.05) is 68.7 Å². The molecule has 9 heteroatoms. The number of nitrogens with zero attached hydrogens (tertiary/aromatic N) is 4. The van der Waals surface area contributed by atoms with Gasteiger partial charge < -0.3 is 15.1 Å². The van der Waals surface area contributed by atoms with Crippen molar-refractivity contribution in [2.45, 2.75) is 32.6 Å². The number of piperazine rings is 1. The van der Waals surface area contributed by atoms with Gasteiger partial charge in [-0.15, -0.1) is 0 Å². The third-order valence-electron chi connectivity index (χ3n) is 6.33. The molecule has 0 bridgehead atoms. The summed E-state index contributed by atoms with van der Waals surface area (Å²) in [5.41, 5.74) is 2.83. The van der Waals surface area contributed by atoms with E-state index in [2.05, 4.69) is 20.2 Å². The highest BCUT2D eigenvalue weighted by Gasteiger charge is 2.28. The molecule has 7 nitrogen and oxygen atoms in total. The topological polar surface area (TPSA) is 78.4 Å². The van der Waals surface area contributed by atoms with Crippen LogP contribution < -0.4 is 10.2 Å². The van der Waals surface area contributed by atoms with Gasteiger partial charge in [0.05, 0.1) is 6.42 Å². The Balaban J connectivity index is 1.40. The van der Waals surface area contributed by atoms with Crippen LogP contribution in [0.25, 0.3) is 11.3 Å². The number of benzene rings is 2. The van der Waals surface area contributed by atoms with Crippen molar-refractivity contribution in [2.75, 3.05) is 36.4 Å². The second kappa shape index (κ2) is 10.8. The number of halogens is 2. The number of carbonyl (C=O) groups is 2. The van der Waals surface area contributed by atoms with Gasteiger partial charge in [-0.2, -0.15) is 0 Å². The molecule has 0 unspecified atom stereocenters. The van der Waals surface area contributed by atoms with Gasteiger partial charge in [-0.25, -0.2) is 13.8 Å². The van der Waals surface area contributed by atoms with Gasteiger partial charge in [0.25, 0.3) is 5.92 Å². The summed E-state index contributed by atoms with van der Waals surface area (Å²) in [7, 11) is 0. The average molecular weight is 494 g/mol. The predicted octanol–water partition coefficient (Wildman–Crippen LogP) is 4.50. The second-order valence-electron chi connectivity index (χ2n) is 8.78. The number of alkyl halides is 2. The van der Waals surface area contributed by atoms with Gasteiger partial charge >= 0.3 is 0 Å². The number of hydrogen-bond acceptors (Lipinski definition) is 5. The van der Waals surface area contributed by atoms with Crippen molar-refractivity contribution in [3.63, 3.8) is 0 Å². The molecule has 188 valence electrons. The zero-order valence-electron chi connectivity index (χ0n) is 20.4. The smallest absolute Gasteiger partial charge is 0.273 e. The first-order valence-electron chi connectivity index (χ1n) is 12.0. The minimum absolute atomic E-state index is 0.0474. The maximum Gasteiger partial charge on any atom is 0.273 e. The number of nitrogens with one attached hydrogen (secondary N) is 1. The van der Waals surface area contributed by atoms with Crippen LogP contribution in [-0.2, 0) is 21.9 Å². The molecule has 1 saturated heterocycles. The zero-order chi connectivity index (χ0) is 25.7. The monoisotopic (exact) mass is 493 g/mol. The quantitative estimate of drug-likeness (QED) is 0.525. The molecule has 36 heavy (non-hydrogen) atoms. The van der Waals surface area contributed by atoms with E-state index in [9.17, 15) is 18.4 Å². The molecular weight excluding hydrogens is 464 g/mol. The maximum atomic E-state index is 13.8. The van der Waals surface area contributed by atoms with Gasteiger partial charge in [0.2, 0.25) is 11.8 Å². The molecule has 3 aromatic rings. The summed E-state index contributed by atoms with van der Waals surface area (Å²) >= 11 is 0. The first-order chi connectivity index (χ1) is 17.3.